The van der Waals surface area contributed by atoms with Gasteiger partial charge in [0.25, 0.3) is 10.0 Å². The molecule has 0 radical (unpaired) electrons. The van der Waals surface area contributed by atoms with Crippen LogP contribution in [0.3, 0.4) is 0 Å². The van der Waals surface area contributed by atoms with Gasteiger partial charge in [0, 0.05) is 44.4 Å². The lowest BCUT2D eigenvalue weighted by molar-refractivity contribution is 0.285. The Labute approximate surface area is 271 Å². The number of nitrogens with one attached hydrogen (secondary N) is 2. The van der Waals surface area contributed by atoms with Gasteiger partial charge in [-0.3, -0.25) is 4.72 Å². The molecule has 0 saturated heterocycles. The molecule has 0 atom stereocenters. The van der Waals surface area contributed by atoms with Gasteiger partial charge in [-0.15, -0.1) is 4.91 Å². The second-order valence-corrected chi connectivity index (χ2v) is 12.2. The molecular formula is C32H45N5O8S. The molecule has 0 spiro atoms. The van der Waals surface area contributed by atoms with Gasteiger partial charge in [0.1, 0.15) is 17.2 Å². The highest BCUT2D eigenvalue weighted by molar-refractivity contribution is 7.92. The van der Waals surface area contributed by atoms with Crippen LogP contribution in [0.1, 0.15) is 33.1 Å². The number of methoxy groups -OCH3 is 1. The van der Waals surface area contributed by atoms with Crippen molar-refractivity contribution < 1.29 is 32.1 Å². The normalized spacial score (nSPS) is 11.1. The molecule has 46 heavy (non-hydrogen) atoms. The highest BCUT2D eigenvalue weighted by Gasteiger charge is 2.23. The van der Waals surface area contributed by atoms with Gasteiger partial charge >= 0.3 is 0 Å². The van der Waals surface area contributed by atoms with Gasteiger partial charge in [0.05, 0.1) is 54.2 Å². The van der Waals surface area contributed by atoms with Crippen LogP contribution in [0.4, 0.5) is 17.1 Å². The van der Waals surface area contributed by atoms with Gasteiger partial charge in [-0.1, -0.05) is 6.92 Å². The van der Waals surface area contributed by atoms with E-state index in [1.807, 2.05) is 27.9 Å². The maximum Gasteiger partial charge on any atom is 0.262 e. The molecule has 0 aliphatic carbocycles. The maximum atomic E-state index is 13.7. The lowest BCUT2D eigenvalue weighted by Gasteiger charge is -2.21. The van der Waals surface area contributed by atoms with Crippen LogP contribution >= 0.6 is 0 Å². The molecule has 0 amide bonds. The second kappa shape index (κ2) is 17.3. The van der Waals surface area contributed by atoms with E-state index in [0.717, 1.165) is 30.8 Å². The summed E-state index contributed by atoms with van der Waals surface area (Å²) in [5.41, 5.74) is 0.887. The van der Waals surface area contributed by atoms with E-state index in [2.05, 4.69) is 20.2 Å². The summed E-state index contributed by atoms with van der Waals surface area (Å²) in [7, 11) is 4.46. The average molecular weight is 660 g/mol. The van der Waals surface area contributed by atoms with E-state index < -0.39 is 10.0 Å². The monoisotopic (exact) mass is 659 g/mol. The fourth-order valence-corrected chi connectivity index (χ4v) is 5.45. The van der Waals surface area contributed by atoms with Gasteiger partial charge in [-0.05, 0) is 65.0 Å². The Morgan fingerprint density at radius 1 is 0.804 bits per heavy atom. The summed E-state index contributed by atoms with van der Waals surface area (Å²) in [4.78, 5) is 13.6. The molecule has 0 heterocycles. The number of ether oxygens (including phenoxy) is 5. The van der Waals surface area contributed by atoms with Crippen LogP contribution in [0.5, 0.6) is 34.5 Å². The third kappa shape index (κ3) is 10.0. The number of sulfonamides is 1. The molecule has 0 aliphatic rings. The predicted octanol–water partition coefficient (Wildman–Crippen LogP) is 6.36. The molecule has 0 aliphatic heterocycles. The van der Waals surface area contributed by atoms with Crippen LogP contribution in [-0.4, -0.2) is 75.0 Å². The van der Waals surface area contributed by atoms with Crippen molar-refractivity contribution in [2.45, 2.75) is 38.0 Å². The number of nitrogens with zero attached hydrogens (tertiary/aromatic N) is 3. The Kier molecular flexibility index (Phi) is 13.6. The lowest BCUT2D eigenvalue weighted by Crippen LogP contribution is -2.15. The van der Waals surface area contributed by atoms with E-state index in [1.54, 1.807) is 25.2 Å². The Morgan fingerprint density at radius 2 is 1.50 bits per heavy atom. The summed E-state index contributed by atoms with van der Waals surface area (Å²) in [5, 5.41) is 7.10. The first-order chi connectivity index (χ1) is 22.0. The van der Waals surface area contributed by atoms with Crippen molar-refractivity contribution in [1.82, 2.24) is 4.90 Å². The Bertz CT molecular complexity index is 1550. The SMILES string of the molecule is CCCOc1cc(OCCCCN(C)C)cc(Oc2cc(N(C)N=O)c(NC)cc2NS(=O)(=O)c2ccc(OCC)c(OC)c2)c1. The molecule has 0 fully saturated rings. The van der Waals surface area contributed by atoms with Crippen LogP contribution in [-0.2, 0) is 10.0 Å². The molecular weight excluding hydrogens is 614 g/mol. The minimum atomic E-state index is -4.15. The quantitative estimate of drug-likeness (QED) is 0.0796. The van der Waals surface area contributed by atoms with Crippen LogP contribution in [0.15, 0.2) is 58.7 Å². The number of rotatable bonds is 20. The first-order valence-electron chi connectivity index (χ1n) is 15.0. The molecule has 3 aromatic rings. The number of benzene rings is 3. The number of anilines is 3. The average Bonchev–Trinajstić information content (AvgIpc) is 3.03. The van der Waals surface area contributed by atoms with E-state index in [1.165, 1.54) is 44.5 Å². The van der Waals surface area contributed by atoms with Crippen LogP contribution in [0, 0.1) is 4.91 Å². The van der Waals surface area contributed by atoms with Crippen LogP contribution < -0.4 is 38.7 Å². The van der Waals surface area contributed by atoms with Gasteiger partial charge < -0.3 is 33.9 Å². The fraction of sp³-hybridized carbons (Fsp3) is 0.438. The van der Waals surface area contributed by atoms with E-state index in [-0.39, 0.29) is 22.1 Å². The summed E-state index contributed by atoms with van der Waals surface area (Å²) < 4.78 is 59.1. The molecule has 0 unspecified atom stereocenters. The van der Waals surface area contributed by atoms with Gasteiger partial charge in [0.15, 0.2) is 17.2 Å². The Morgan fingerprint density at radius 3 is 2.11 bits per heavy atom. The molecule has 0 bridgehead atoms. The zero-order chi connectivity index (χ0) is 33.7. The van der Waals surface area contributed by atoms with Gasteiger partial charge in [-0.25, -0.2) is 13.4 Å². The topological polar surface area (TPSA) is 140 Å². The molecule has 14 heteroatoms. The number of hydrogen-bond donors (Lipinski definition) is 2. The Hall–Kier alpha value is -4.43. The summed E-state index contributed by atoms with van der Waals surface area (Å²) in [5.74, 6) is 2.20. The van der Waals surface area contributed by atoms with Crippen molar-refractivity contribution in [3.8, 4) is 34.5 Å². The van der Waals surface area contributed by atoms with Crippen molar-refractivity contribution in [1.29, 1.82) is 0 Å². The molecule has 0 aromatic heterocycles. The summed E-state index contributed by atoms with van der Waals surface area (Å²) in [6, 6.07) is 12.6. The highest BCUT2D eigenvalue weighted by Crippen LogP contribution is 2.42. The first-order valence-corrected chi connectivity index (χ1v) is 16.5. The lowest BCUT2D eigenvalue weighted by atomic mass is 10.2. The van der Waals surface area contributed by atoms with Crippen molar-refractivity contribution in [3.05, 3.63) is 53.4 Å². The molecule has 3 rings (SSSR count). The van der Waals surface area contributed by atoms with Gasteiger partial charge in [0.2, 0.25) is 0 Å². The summed E-state index contributed by atoms with van der Waals surface area (Å²) >= 11 is 0. The number of nitroso groups, excluding NO2 is 1. The first kappa shape index (κ1) is 36.0. The van der Waals surface area contributed by atoms with Crippen LogP contribution in [0.2, 0.25) is 0 Å². The largest absolute Gasteiger partial charge is 0.493 e. The van der Waals surface area contributed by atoms with Gasteiger partial charge in [-0.2, -0.15) is 0 Å². The molecule has 13 nitrogen and oxygen atoms in total. The summed E-state index contributed by atoms with van der Waals surface area (Å²) in [6.07, 6.45) is 2.63. The van der Waals surface area contributed by atoms with Crippen molar-refractivity contribution in [3.63, 3.8) is 0 Å². The van der Waals surface area contributed by atoms with E-state index >= 15 is 0 Å². The third-order valence-corrected chi connectivity index (χ3v) is 8.01. The van der Waals surface area contributed by atoms with Crippen LogP contribution in [0.25, 0.3) is 0 Å². The highest BCUT2D eigenvalue weighted by atomic mass is 32.2. The molecule has 3 aromatic carbocycles. The van der Waals surface area contributed by atoms with Crippen molar-refractivity contribution in [2.24, 2.45) is 5.29 Å². The van der Waals surface area contributed by atoms with E-state index in [9.17, 15) is 13.3 Å². The smallest absolute Gasteiger partial charge is 0.262 e. The summed E-state index contributed by atoms with van der Waals surface area (Å²) in [6.45, 7) is 6.15. The number of unbranched alkanes of at least 4 members (excludes halogenated alkanes) is 1. The zero-order valence-electron chi connectivity index (χ0n) is 27.6. The molecule has 2 N–H and O–H groups in total. The fourth-order valence-electron chi connectivity index (χ4n) is 4.38. The minimum Gasteiger partial charge on any atom is -0.493 e. The standard InChI is InChI=1S/C32H45N5O8S/c1-8-15-43-23-17-24(44-16-11-10-14-36(4)5)19-25(18-23)45-31-22-29(37(6)35-38)27(33-3)21-28(31)34-46(39,40)26-12-13-30(42-9-2)32(20-26)41-7/h12-13,17-22,33-34H,8-11,14-16H2,1-7H3. The predicted molar refractivity (Wildman–Crippen MR) is 181 cm³/mol. The van der Waals surface area contributed by atoms with Crippen molar-refractivity contribution in [2.75, 3.05) is 76.7 Å². The third-order valence-electron chi connectivity index (χ3n) is 6.65. The minimum absolute atomic E-state index is 0.0552. The molecule has 0 saturated carbocycles. The second-order valence-electron chi connectivity index (χ2n) is 10.5. The number of hydrogen-bond acceptors (Lipinski definition) is 11. The zero-order valence-corrected chi connectivity index (χ0v) is 28.4. The van der Waals surface area contributed by atoms with E-state index in [4.69, 9.17) is 23.7 Å². The molecule has 252 valence electrons. The van der Waals surface area contributed by atoms with Crippen molar-refractivity contribution >= 4 is 27.1 Å². The maximum absolute atomic E-state index is 13.7. The van der Waals surface area contributed by atoms with E-state index in [0.29, 0.717) is 54.2 Å². The Balaban J connectivity index is 2.04.